The molecule has 0 spiro atoms. The van der Waals surface area contributed by atoms with Crippen LogP contribution < -0.4 is 10.2 Å². The van der Waals surface area contributed by atoms with Crippen molar-refractivity contribution in [1.29, 1.82) is 0 Å². The van der Waals surface area contributed by atoms with E-state index in [-0.39, 0.29) is 0 Å². The van der Waals surface area contributed by atoms with Gasteiger partial charge in [-0.15, -0.1) is 0 Å². The van der Waals surface area contributed by atoms with E-state index < -0.39 is 0 Å². The third-order valence-corrected chi connectivity index (χ3v) is 3.30. The molecule has 0 bridgehead atoms. The predicted octanol–water partition coefficient (Wildman–Crippen LogP) is 2.98. The van der Waals surface area contributed by atoms with Crippen molar-refractivity contribution in [2.24, 2.45) is 0 Å². The highest BCUT2D eigenvalue weighted by Crippen LogP contribution is 2.33. The van der Waals surface area contributed by atoms with Gasteiger partial charge in [-0.3, -0.25) is 4.98 Å². The minimum absolute atomic E-state index is 0.753. The van der Waals surface area contributed by atoms with Crippen molar-refractivity contribution in [3.05, 3.63) is 34.5 Å². The Labute approximate surface area is 113 Å². The molecule has 1 aromatic heterocycles. The molecule has 1 aromatic carbocycles. The second-order valence-corrected chi connectivity index (χ2v) is 5.05. The summed E-state index contributed by atoms with van der Waals surface area (Å²) in [6.07, 6.45) is 0. The van der Waals surface area contributed by atoms with Gasteiger partial charge in [-0.1, -0.05) is 17.7 Å². The van der Waals surface area contributed by atoms with Gasteiger partial charge in [-0.2, -0.15) is 0 Å². The van der Waals surface area contributed by atoms with Crippen LogP contribution >= 0.6 is 11.6 Å². The van der Waals surface area contributed by atoms with Crippen LogP contribution in [0.3, 0.4) is 0 Å². The second-order valence-electron chi connectivity index (χ2n) is 4.65. The Hall–Kier alpha value is -1.32. The van der Waals surface area contributed by atoms with E-state index in [1.807, 2.05) is 33.3 Å². The number of aromatic nitrogens is 1. The van der Waals surface area contributed by atoms with Gasteiger partial charge in [0.25, 0.3) is 0 Å². The summed E-state index contributed by atoms with van der Waals surface area (Å²) in [4.78, 5) is 6.77. The van der Waals surface area contributed by atoms with Crippen molar-refractivity contribution < 1.29 is 0 Å². The van der Waals surface area contributed by atoms with Gasteiger partial charge in [0.05, 0.1) is 16.2 Å². The van der Waals surface area contributed by atoms with E-state index in [9.17, 15) is 0 Å². The number of halogens is 1. The Bertz CT molecular complexity index is 579. The molecule has 0 aliphatic carbocycles. The number of fused-ring (bicyclic) bond motifs is 1. The Morgan fingerprint density at radius 2 is 2.06 bits per heavy atom. The monoisotopic (exact) mass is 263 g/mol. The maximum Gasteiger partial charge on any atom is 0.0770 e. The third-order valence-electron chi connectivity index (χ3n) is 2.98. The molecule has 0 aliphatic heterocycles. The summed E-state index contributed by atoms with van der Waals surface area (Å²) in [5.74, 6) is 0. The first-order valence-electron chi connectivity index (χ1n) is 5.95. The van der Waals surface area contributed by atoms with E-state index in [2.05, 4.69) is 23.2 Å². The summed E-state index contributed by atoms with van der Waals surface area (Å²) < 4.78 is 0. The van der Waals surface area contributed by atoms with E-state index >= 15 is 0 Å². The lowest BCUT2D eigenvalue weighted by atomic mass is 10.1. The van der Waals surface area contributed by atoms with E-state index in [0.717, 1.165) is 39.4 Å². The minimum atomic E-state index is 0.753. The van der Waals surface area contributed by atoms with Crippen molar-refractivity contribution in [3.8, 4) is 0 Å². The number of nitrogens with one attached hydrogen (secondary N) is 1. The van der Waals surface area contributed by atoms with Gasteiger partial charge in [0.1, 0.15) is 0 Å². The van der Waals surface area contributed by atoms with Gasteiger partial charge >= 0.3 is 0 Å². The third kappa shape index (κ3) is 2.28. The molecule has 0 amide bonds. The molecule has 0 radical (unpaired) electrons. The number of pyridine rings is 1. The predicted molar refractivity (Wildman–Crippen MR) is 78.6 cm³/mol. The summed E-state index contributed by atoms with van der Waals surface area (Å²) >= 11 is 6.33. The van der Waals surface area contributed by atoms with E-state index in [1.165, 1.54) is 0 Å². The first kappa shape index (κ1) is 13.1. The zero-order valence-corrected chi connectivity index (χ0v) is 12.0. The fraction of sp³-hybridized carbons (Fsp3) is 0.357. The molecule has 0 aliphatic rings. The molecule has 96 valence electrons. The van der Waals surface area contributed by atoms with Gasteiger partial charge in [-0.25, -0.2) is 0 Å². The molecule has 1 N–H and O–H groups in total. The second kappa shape index (κ2) is 5.12. The summed E-state index contributed by atoms with van der Waals surface area (Å²) in [5.41, 5.74) is 4.27. The summed E-state index contributed by atoms with van der Waals surface area (Å²) in [6, 6.07) is 6.04. The maximum absolute atomic E-state index is 6.33. The van der Waals surface area contributed by atoms with Gasteiger partial charge in [-0.05, 0) is 31.7 Å². The van der Waals surface area contributed by atoms with Gasteiger partial charge in [0.15, 0.2) is 0 Å². The average Bonchev–Trinajstić information content (AvgIpc) is 2.33. The van der Waals surface area contributed by atoms with Crippen LogP contribution in [0.4, 0.5) is 5.69 Å². The topological polar surface area (TPSA) is 28.2 Å². The fourth-order valence-electron chi connectivity index (χ4n) is 2.09. The smallest absolute Gasteiger partial charge is 0.0770 e. The van der Waals surface area contributed by atoms with Crippen molar-refractivity contribution >= 4 is 28.2 Å². The van der Waals surface area contributed by atoms with Crippen molar-refractivity contribution in [1.82, 2.24) is 10.3 Å². The van der Waals surface area contributed by atoms with Crippen LogP contribution in [0, 0.1) is 6.92 Å². The van der Waals surface area contributed by atoms with Crippen LogP contribution in [-0.2, 0) is 6.54 Å². The molecule has 2 aromatic rings. The number of hydrogen-bond acceptors (Lipinski definition) is 3. The highest BCUT2D eigenvalue weighted by atomic mass is 35.5. The van der Waals surface area contributed by atoms with Gasteiger partial charge in [0.2, 0.25) is 0 Å². The van der Waals surface area contributed by atoms with Crippen LogP contribution in [0.25, 0.3) is 10.9 Å². The molecule has 18 heavy (non-hydrogen) atoms. The number of nitrogens with zero attached hydrogens (tertiary/aromatic N) is 2. The lowest BCUT2D eigenvalue weighted by molar-refractivity contribution is 0.795. The average molecular weight is 264 g/mol. The number of anilines is 1. The first-order valence-corrected chi connectivity index (χ1v) is 6.33. The van der Waals surface area contributed by atoms with Crippen LogP contribution in [0.1, 0.15) is 11.3 Å². The molecule has 1 heterocycles. The van der Waals surface area contributed by atoms with Crippen LogP contribution in [0.2, 0.25) is 5.02 Å². The quantitative estimate of drug-likeness (QED) is 0.923. The largest absolute Gasteiger partial charge is 0.377 e. The lowest BCUT2D eigenvalue weighted by Gasteiger charge is -2.18. The molecule has 2 rings (SSSR count). The van der Waals surface area contributed by atoms with Gasteiger partial charge < -0.3 is 10.2 Å². The van der Waals surface area contributed by atoms with Crippen LogP contribution in [0.5, 0.6) is 0 Å². The molecule has 4 heteroatoms. The maximum atomic E-state index is 6.33. The van der Waals surface area contributed by atoms with E-state index in [4.69, 9.17) is 16.6 Å². The fourth-order valence-corrected chi connectivity index (χ4v) is 2.34. The molecule has 0 saturated carbocycles. The van der Waals surface area contributed by atoms with Gasteiger partial charge in [0, 0.05) is 31.7 Å². The Morgan fingerprint density at radius 3 is 2.67 bits per heavy atom. The number of rotatable bonds is 3. The Balaban J connectivity index is 2.81. The molecular formula is C14H18ClN3. The molecule has 0 fully saturated rings. The Kier molecular flexibility index (Phi) is 3.73. The molecule has 0 atom stereocenters. The number of benzene rings is 1. The van der Waals surface area contributed by atoms with Crippen LogP contribution in [-0.4, -0.2) is 26.1 Å². The van der Waals surface area contributed by atoms with E-state index in [1.54, 1.807) is 0 Å². The first-order chi connectivity index (χ1) is 8.54. The Morgan fingerprint density at radius 1 is 1.33 bits per heavy atom. The highest BCUT2D eigenvalue weighted by molar-refractivity contribution is 6.36. The number of hydrogen-bond donors (Lipinski definition) is 1. The number of aryl methyl sites for hydroxylation is 1. The SMILES string of the molecule is CNCc1cc(N(C)C)c2c(Cl)ccc(C)c2n1. The zero-order valence-electron chi connectivity index (χ0n) is 11.2. The summed E-state index contributed by atoms with van der Waals surface area (Å²) in [7, 11) is 5.97. The molecule has 0 saturated heterocycles. The van der Waals surface area contributed by atoms with Crippen molar-refractivity contribution in [3.63, 3.8) is 0 Å². The normalized spacial score (nSPS) is 10.9. The minimum Gasteiger partial charge on any atom is -0.377 e. The summed E-state index contributed by atoms with van der Waals surface area (Å²) in [6.45, 7) is 2.82. The zero-order chi connectivity index (χ0) is 13.3. The standard InChI is InChI=1S/C14H18ClN3/c1-9-5-6-11(15)13-12(18(3)4)7-10(8-16-2)17-14(9)13/h5-7,16H,8H2,1-4H3. The molecule has 0 unspecified atom stereocenters. The van der Waals surface area contributed by atoms with Crippen molar-refractivity contribution in [2.45, 2.75) is 13.5 Å². The van der Waals surface area contributed by atoms with E-state index in [0.29, 0.717) is 0 Å². The molecular weight excluding hydrogens is 246 g/mol. The van der Waals surface area contributed by atoms with Crippen molar-refractivity contribution in [2.75, 3.05) is 26.0 Å². The summed E-state index contributed by atoms with van der Waals surface area (Å²) in [5, 5.41) is 4.92. The molecule has 3 nitrogen and oxygen atoms in total. The lowest BCUT2D eigenvalue weighted by Crippen LogP contribution is -2.13. The highest BCUT2D eigenvalue weighted by Gasteiger charge is 2.12. The van der Waals surface area contributed by atoms with Crippen LogP contribution in [0.15, 0.2) is 18.2 Å².